The molecule has 1 nitrogen and oxygen atoms in total. The number of nitrogens with zero attached hydrogens (tertiary/aromatic N) is 1. The summed E-state index contributed by atoms with van der Waals surface area (Å²) < 4.78 is 54.3. The first-order chi connectivity index (χ1) is 12.7. The average molecular weight is 395 g/mol. The van der Waals surface area contributed by atoms with Crippen molar-refractivity contribution in [1.82, 2.24) is 0 Å². The Labute approximate surface area is 160 Å². The molecule has 0 radical (unpaired) electrons. The van der Waals surface area contributed by atoms with Crippen LogP contribution in [0.1, 0.15) is 49.1 Å². The molecule has 144 valence electrons. The fourth-order valence-electron chi connectivity index (χ4n) is 3.11. The lowest BCUT2D eigenvalue weighted by Gasteiger charge is -2.22. The Morgan fingerprint density at radius 3 is 2.37 bits per heavy atom. The number of aliphatic imine (C=N–C) groups is 1. The molecule has 0 saturated heterocycles. The Hall–Kier alpha value is -1.82. The van der Waals surface area contributed by atoms with Crippen LogP contribution in [0, 0.1) is 11.6 Å². The monoisotopic (exact) mass is 395 g/mol. The van der Waals surface area contributed by atoms with Crippen molar-refractivity contribution in [3.63, 3.8) is 0 Å². The molecular weight excluding hydrogens is 374 g/mol. The number of thioether (sulfide) groups is 1. The summed E-state index contributed by atoms with van der Waals surface area (Å²) in [5.41, 5.74) is 1.90. The van der Waals surface area contributed by atoms with Crippen molar-refractivity contribution in [3.05, 3.63) is 70.3 Å². The molecule has 2 aromatic carbocycles. The second-order valence-corrected chi connectivity index (χ2v) is 8.63. The minimum absolute atomic E-state index is 0.147. The van der Waals surface area contributed by atoms with Gasteiger partial charge in [-0.25, -0.2) is 17.6 Å². The van der Waals surface area contributed by atoms with E-state index in [0.29, 0.717) is 16.9 Å². The molecule has 1 aliphatic rings. The van der Waals surface area contributed by atoms with Gasteiger partial charge in [-0.15, -0.1) is 11.8 Å². The van der Waals surface area contributed by atoms with Gasteiger partial charge in [0.2, 0.25) is 6.43 Å². The van der Waals surface area contributed by atoms with Crippen LogP contribution in [0.5, 0.6) is 0 Å². The Kier molecular flexibility index (Phi) is 5.65. The molecule has 0 saturated carbocycles. The molecule has 6 heteroatoms. The lowest BCUT2D eigenvalue weighted by molar-refractivity contribution is 0.148. The predicted molar refractivity (Wildman–Crippen MR) is 103 cm³/mol. The third kappa shape index (κ3) is 4.37. The lowest BCUT2D eigenvalue weighted by Crippen LogP contribution is -2.14. The van der Waals surface area contributed by atoms with Gasteiger partial charge in [0.15, 0.2) is 0 Å². The van der Waals surface area contributed by atoms with E-state index in [2.05, 4.69) is 4.99 Å². The molecule has 1 atom stereocenters. The summed E-state index contributed by atoms with van der Waals surface area (Å²) in [6.07, 6.45) is -2.83. The lowest BCUT2D eigenvalue weighted by atomic mass is 9.84. The maximum Gasteiger partial charge on any atom is 0.242 e. The molecular formula is C21H21F4NS. The topological polar surface area (TPSA) is 12.4 Å². The van der Waals surface area contributed by atoms with Gasteiger partial charge < -0.3 is 0 Å². The molecule has 1 unspecified atom stereocenters. The summed E-state index contributed by atoms with van der Waals surface area (Å²) in [5, 5.41) is 0.276. The van der Waals surface area contributed by atoms with Gasteiger partial charge in [0.25, 0.3) is 0 Å². The van der Waals surface area contributed by atoms with Gasteiger partial charge in [0.05, 0.1) is 11.6 Å². The highest BCUT2D eigenvalue weighted by atomic mass is 32.2. The Morgan fingerprint density at radius 2 is 1.78 bits per heavy atom. The van der Waals surface area contributed by atoms with E-state index >= 15 is 0 Å². The van der Waals surface area contributed by atoms with Crippen LogP contribution in [0.25, 0.3) is 0 Å². The minimum Gasteiger partial charge on any atom is -0.269 e. The summed E-state index contributed by atoms with van der Waals surface area (Å²) >= 11 is 1.25. The van der Waals surface area contributed by atoms with Crippen molar-refractivity contribution in [1.29, 1.82) is 0 Å². The van der Waals surface area contributed by atoms with Gasteiger partial charge in [-0.1, -0.05) is 45.0 Å². The van der Waals surface area contributed by atoms with Crippen LogP contribution in [-0.2, 0) is 11.8 Å². The number of rotatable bonds is 4. The summed E-state index contributed by atoms with van der Waals surface area (Å²) in [5.74, 6) is -0.871. The molecule has 0 spiro atoms. The zero-order chi connectivity index (χ0) is 19.8. The standard InChI is InChI=1S/C21H21F4NS/c1-21(2,3)13-7-8-14(12(9-13)10-18(24)25)17-11-27-20(26-17)19-15(22)5-4-6-16(19)23/h4-9,17-18H,10-11H2,1-3H3. The van der Waals surface area contributed by atoms with E-state index < -0.39 is 24.1 Å². The van der Waals surface area contributed by atoms with Crippen molar-refractivity contribution >= 4 is 16.8 Å². The first-order valence-corrected chi connectivity index (χ1v) is 9.72. The molecule has 0 N–H and O–H groups in total. The van der Waals surface area contributed by atoms with Gasteiger partial charge in [0, 0.05) is 12.2 Å². The molecule has 1 aliphatic heterocycles. The Morgan fingerprint density at radius 1 is 1.11 bits per heavy atom. The van der Waals surface area contributed by atoms with Crippen LogP contribution in [0.2, 0.25) is 0 Å². The van der Waals surface area contributed by atoms with E-state index in [4.69, 9.17) is 0 Å². The Balaban J connectivity index is 2.00. The van der Waals surface area contributed by atoms with Crippen molar-refractivity contribution in [2.24, 2.45) is 4.99 Å². The summed E-state index contributed by atoms with van der Waals surface area (Å²) in [6, 6.07) is 8.84. The molecule has 27 heavy (non-hydrogen) atoms. The highest BCUT2D eigenvalue weighted by molar-refractivity contribution is 8.14. The highest BCUT2D eigenvalue weighted by Crippen LogP contribution is 2.37. The minimum atomic E-state index is -2.47. The number of hydrogen-bond donors (Lipinski definition) is 0. The van der Waals surface area contributed by atoms with Crippen molar-refractivity contribution in [2.45, 2.75) is 45.1 Å². The average Bonchev–Trinajstić information content (AvgIpc) is 3.02. The summed E-state index contributed by atoms with van der Waals surface area (Å²) in [4.78, 5) is 4.46. The molecule has 0 amide bonds. The fraction of sp³-hybridized carbons (Fsp3) is 0.381. The van der Waals surface area contributed by atoms with Gasteiger partial charge in [-0.2, -0.15) is 0 Å². The SMILES string of the molecule is CC(C)(C)c1ccc(C2CSC(c3c(F)cccc3F)=N2)c(CC(F)F)c1. The number of alkyl halides is 2. The van der Waals surface area contributed by atoms with E-state index in [9.17, 15) is 17.6 Å². The quantitative estimate of drug-likeness (QED) is 0.553. The maximum atomic E-state index is 14.0. The third-order valence-corrected chi connectivity index (χ3v) is 5.64. The molecule has 0 aliphatic carbocycles. The maximum absolute atomic E-state index is 14.0. The molecule has 0 bridgehead atoms. The largest absolute Gasteiger partial charge is 0.269 e. The van der Waals surface area contributed by atoms with E-state index in [1.165, 1.54) is 30.0 Å². The highest BCUT2D eigenvalue weighted by Gasteiger charge is 2.28. The second kappa shape index (κ2) is 7.66. The predicted octanol–water partition coefficient (Wildman–Crippen LogP) is 6.30. The number of benzene rings is 2. The zero-order valence-corrected chi connectivity index (χ0v) is 16.2. The molecule has 1 heterocycles. The number of halogens is 4. The summed E-state index contributed by atoms with van der Waals surface area (Å²) in [6.45, 7) is 6.07. The smallest absolute Gasteiger partial charge is 0.242 e. The van der Waals surface area contributed by atoms with E-state index in [1.54, 1.807) is 0 Å². The normalized spacial score (nSPS) is 17.5. The van der Waals surface area contributed by atoms with E-state index in [1.807, 2.05) is 39.0 Å². The van der Waals surface area contributed by atoms with Gasteiger partial charge in [0.1, 0.15) is 16.7 Å². The first kappa shape index (κ1) is 19.9. The van der Waals surface area contributed by atoms with E-state index in [-0.39, 0.29) is 22.4 Å². The second-order valence-electron chi connectivity index (χ2n) is 7.62. The fourth-order valence-corrected chi connectivity index (χ4v) is 4.22. The van der Waals surface area contributed by atoms with Crippen LogP contribution in [0.4, 0.5) is 17.6 Å². The van der Waals surface area contributed by atoms with Crippen LogP contribution in [0.15, 0.2) is 41.4 Å². The van der Waals surface area contributed by atoms with Gasteiger partial charge >= 0.3 is 0 Å². The van der Waals surface area contributed by atoms with Crippen molar-refractivity contribution < 1.29 is 17.6 Å². The van der Waals surface area contributed by atoms with Gasteiger partial charge in [-0.05, 0) is 34.2 Å². The van der Waals surface area contributed by atoms with Gasteiger partial charge in [-0.3, -0.25) is 4.99 Å². The number of hydrogen-bond acceptors (Lipinski definition) is 2. The molecule has 3 rings (SSSR count). The first-order valence-electron chi connectivity index (χ1n) is 8.73. The van der Waals surface area contributed by atoms with Crippen molar-refractivity contribution in [3.8, 4) is 0 Å². The Bertz CT molecular complexity index is 851. The van der Waals surface area contributed by atoms with E-state index in [0.717, 1.165) is 5.56 Å². The third-order valence-electron chi connectivity index (χ3n) is 4.57. The van der Waals surface area contributed by atoms with Crippen LogP contribution < -0.4 is 0 Å². The summed E-state index contributed by atoms with van der Waals surface area (Å²) in [7, 11) is 0. The van der Waals surface area contributed by atoms with Crippen molar-refractivity contribution in [2.75, 3.05) is 5.75 Å². The van der Waals surface area contributed by atoms with Crippen LogP contribution >= 0.6 is 11.8 Å². The molecule has 2 aromatic rings. The van der Waals surface area contributed by atoms with Crippen LogP contribution in [-0.4, -0.2) is 17.2 Å². The molecule has 0 aromatic heterocycles. The van der Waals surface area contributed by atoms with Crippen LogP contribution in [0.3, 0.4) is 0 Å². The zero-order valence-electron chi connectivity index (χ0n) is 15.4. The molecule has 0 fully saturated rings.